The molecular formula is C17H24N4O3. The Morgan fingerprint density at radius 1 is 1.29 bits per heavy atom. The topological polar surface area (TPSA) is 82.7 Å². The van der Waals surface area contributed by atoms with E-state index in [-0.39, 0.29) is 24.1 Å². The maximum absolute atomic E-state index is 12.3. The number of carbonyl (C=O) groups excluding carboxylic acids is 2. The number of carbonyl (C=O) groups is 2. The van der Waals surface area contributed by atoms with Crippen molar-refractivity contribution in [3.63, 3.8) is 0 Å². The van der Waals surface area contributed by atoms with Gasteiger partial charge in [0.15, 0.2) is 6.29 Å². The maximum Gasteiger partial charge on any atom is 0.328 e. The minimum Gasteiger partial charge on any atom is -0.379 e. The van der Waals surface area contributed by atoms with E-state index in [1.165, 1.54) is 10.5 Å². The second-order valence-electron chi connectivity index (χ2n) is 6.38. The molecule has 0 aromatic heterocycles. The third-order valence-corrected chi connectivity index (χ3v) is 4.43. The summed E-state index contributed by atoms with van der Waals surface area (Å²) >= 11 is 0. The van der Waals surface area contributed by atoms with Crippen LogP contribution in [0.3, 0.4) is 0 Å². The Labute approximate surface area is 141 Å². The van der Waals surface area contributed by atoms with Crippen molar-refractivity contribution in [2.75, 3.05) is 13.2 Å². The van der Waals surface area contributed by atoms with Crippen molar-refractivity contribution < 1.29 is 14.3 Å². The molecule has 2 aliphatic heterocycles. The van der Waals surface area contributed by atoms with Crippen LogP contribution >= 0.6 is 0 Å². The zero-order valence-electron chi connectivity index (χ0n) is 14.0. The standard InChI is InChI=1S/C17H24N4O3/c1-11-5-3-6-13(9-11)12(2)18-15-19-16(22)21(17(23)20-15)14-7-4-8-24-10-14/h3,5-6,9,12,14-15,18H,4,7-8,10H2,1-2H3,(H,19,22)(H,20,23)/t12-,14?/m0/s1. The minimum atomic E-state index is -0.596. The Balaban J connectivity index is 1.61. The monoisotopic (exact) mass is 332 g/mol. The molecule has 0 spiro atoms. The van der Waals surface area contributed by atoms with Gasteiger partial charge in [0.2, 0.25) is 0 Å². The fourth-order valence-corrected chi connectivity index (χ4v) is 3.14. The molecule has 1 aromatic carbocycles. The van der Waals surface area contributed by atoms with Crippen LogP contribution in [-0.4, -0.2) is 42.5 Å². The number of nitrogens with zero attached hydrogens (tertiary/aromatic N) is 1. The van der Waals surface area contributed by atoms with Gasteiger partial charge < -0.3 is 15.4 Å². The van der Waals surface area contributed by atoms with Crippen molar-refractivity contribution in [3.8, 4) is 0 Å². The Hall–Kier alpha value is -2.12. The first-order valence-electron chi connectivity index (χ1n) is 8.35. The Kier molecular flexibility index (Phi) is 5.01. The summed E-state index contributed by atoms with van der Waals surface area (Å²) in [6.45, 7) is 5.11. The van der Waals surface area contributed by atoms with E-state index in [1.54, 1.807) is 0 Å². The van der Waals surface area contributed by atoms with Gasteiger partial charge in [-0.2, -0.15) is 0 Å². The summed E-state index contributed by atoms with van der Waals surface area (Å²) in [6.07, 6.45) is 1.04. The third kappa shape index (κ3) is 3.68. The number of benzene rings is 1. The van der Waals surface area contributed by atoms with Gasteiger partial charge in [-0.15, -0.1) is 0 Å². The number of nitrogens with one attached hydrogen (secondary N) is 3. The molecule has 2 fully saturated rings. The third-order valence-electron chi connectivity index (χ3n) is 4.43. The summed E-state index contributed by atoms with van der Waals surface area (Å²) in [5, 5.41) is 8.82. The van der Waals surface area contributed by atoms with Crippen LogP contribution in [0.15, 0.2) is 24.3 Å². The Morgan fingerprint density at radius 3 is 2.67 bits per heavy atom. The molecule has 0 aliphatic carbocycles. The molecule has 4 amide bonds. The van der Waals surface area contributed by atoms with Crippen LogP contribution in [0, 0.1) is 6.92 Å². The lowest BCUT2D eigenvalue weighted by atomic mass is 10.1. The van der Waals surface area contributed by atoms with Crippen molar-refractivity contribution >= 4 is 12.1 Å². The van der Waals surface area contributed by atoms with Gasteiger partial charge in [0.1, 0.15) is 0 Å². The molecule has 24 heavy (non-hydrogen) atoms. The molecule has 2 heterocycles. The number of urea groups is 2. The lowest BCUT2D eigenvalue weighted by Gasteiger charge is -2.39. The van der Waals surface area contributed by atoms with Crippen LogP contribution in [-0.2, 0) is 4.74 Å². The predicted octanol–water partition coefficient (Wildman–Crippen LogP) is 1.84. The van der Waals surface area contributed by atoms with Crippen LogP contribution in [0.4, 0.5) is 9.59 Å². The van der Waals surface area contributed by atoms with Gasteiger partial charge in [0.05, 0.1) is 12.6 Å². The average Bonchev–Trinajstić information content (AvgIpc) is 2.55. The molecule has 1 aromatic rings. The van der Waals surface area contributed by atoms with E-state index in [4.69, 9.17) is 4.74 Å². The first-order valence-corrected chi connectivity index (χ1v) is 8.35. The van der Waals surface area contributed by atoms with Gasteiger partial charge >= 0.3 is 12.1 Å². The van der Waals surface area contributed by atoms with Gasteiger partial charge in [0.25, 0.3) is 0 Å². The molecule has 2 saturated heterocycles. The maximum atomic E-state index is 12.3. The van der Waals surface area contributed by atoms with Crippen molar-refractivity contribution in [1.82, 2.24) is 20.9 Å². The number of hydrogen-bond donors (Lipinski definition) is 3. The molecule has 1 unspecified atom stereocenters. The molecule has 130 valence electrons. The Bertz CT molecular complexity index is 598. The summed E-state index contributed by atoms with van der Waals surface area (Å²) in [5.74, 6) is 0. The fourth-order valence-electron chi connectivity index (χ4n) is 3.14. The highest BCUT2D eigenvalue weighted by Crippen LogP contribution is 2.17. The molecule has 0 radical (unpaired) electrons. The van der Waals surface area contributed by atoms with Crippen LogP contribution in [0.25, 0.3) is 0 Å². The second kappa shape index (κ2) is 7.19. The van der Waals surface area contributed by atoms with E-state index < -0.39 is 6.29 Å². The fraction of sp³-hybridized carbons (Fsp3) is 0.529. The van der Waals surface area contributed by atoms with Crippen molar-refractivity contribution in [2.24, 2.45) is 0 Å². The van der Waals surface area contributed by atoms with Crippen molar-refractivity contribution in [3.05, 3.63) is 35.4 Å². The van der Waals surface area contributed by atoms with Gasteiger partial charge in [-0.3, -0.25) is 5.32 Å². The molecule has 2 atom stereocenters. The number of rotatable bonds is 4. The normalized spacial score (nSPS) is 23.6. The van der Waals surface area contributed by atoms with E-state index in [0.717, 1.165) is 18.4 Å². The van der Waals surface area contributed by atoms with Gasteiger partial charge in [-0.1, -0.05) is 29.8 Å². The summed E-state index contributed by atoms with van der Waals surface area (Å²) < 4.78 is 5.38. The van der Waals surface area contributed by atoms with Crippen molar-refractivity contribution in [2.45, 2.75) is 45.1 Å². The number of amides is 4. The molecule has 3 N–H and O–H groups in total. The smallest absolute Gasteiger partial charge is 0.328 e. The van der Waals surface area contributed by atoms with Crippen LogP contribution < -0.4 is 16.0 Å². The van der Waals surface area contributed by atoms with Gasteiger partial charge in [-0.25, -0.2) is 14.5 Å². The molecule has 7 nitrogen and oxygen atoms in total. The molecule has 7 heteroatoms. The zero-order valence-corrected chi connectivity index (χ0v) is 14.0. The van der Waals surface area contributed by atoms with E-state index in [1.807, 2.05) is 32.0 Å². The van der Waals surface area contributed by atoms with E-state index in [9.17, 15) is 9.59 Å². The zero-order chi connectivity index (χ0) is 17.1. The lowest BCUT2D eigenvalue weighted by Crippen LogP contribution is -2.70. The molecule has 0 saturated carbocycles. The van der Waals surface area contributed by atoms with E-state index in [0.29, 0.717) is 13.2 Å². The lowest BCUT2D eigenvalue weighted by molar-refractivity contribution is 0.0359. The number of imide groups is 1. The largest absolute Gasteiger partial charge is 0.379 e. The van der Waals surface area contributed by atoms with Crippen LogP contribution in [0.2, 0.25) is 0 Å². The average molecular weight is 332 g/mol. The highest BCUT2D eigenvalue weighted by Gasteiger charge is 2.37. The quantitative estimate of drug-likeness (QED) is 0.786. The van der Waals surface area contributed by atoms with Crippen LogP contribution in [0.5, 0.6) is 0 Å². The molecule has 0 bridgehead atoms. The SMILES string of the molecule is Cc1cccc([C@H](C)NC2NC(=O)N(C3CCCOC3)C(=O)N2)c1. The van der Waals surface area contributed by atoms with E-state index >= 15 is 0 Å². The second-order valence-corrected chi connectivity index (χ2v) is 6.38. The summed E-state index contributed by atoms with van der Waals surface area (Å²) in [7, 11) is 0. The number of aryl methyl sites for hydroxylation is 1. The first kappa shape index (κ1) is 16.7. The molecular weight excluding hydrogens is 308 g/mol. The summed E-state index contributed by atoms with van der Waals surface area (Å²) in [4.78, 5) is 25.9. The Morgan fingerprint density at radius 2 is 2.04 bits per heavy atom. The highest BCUT2D eigenvalue weighted by molar-refractivity contribution is 5.96. The molecule has 3 rings (SSSR count). The van der Waals surface area contributed by atoms with Gasteiger partial charge in [-0.05, 0) is 32.3 Å². The molecule has 2 aliphatic rings. The van der Waals surface area contributed by atoms with Crippen molar-refractivity contribution in [1.29, 1.82) is 0 Å². The first-order chi connectivity index (χ1) is 11.5. The van der Waals surface area contributed by atoms with E-state index in [2.05, 4.69) is 22.0 Å². The highest BCUT2D eigenvalue weighted by atomic mass is 16.5. The number of hydrogen-bond acceptors (Lipinski definition) is 4. The predicted molar refractivity (Wildman–Crippen MR) is 89.3 cm³/mol. The number of ether oxygens (including phenoxy) is 1. The minimum absolute atomic E-state index is 0.0138. The summed E-state index contributed by atoms with van der Waals surface area (Å²) in [6, 6.07) is 7.13. The summed E-state index contributed by atoms with van der Waals surface area (Å²) in [5.41, 5.74) is 2.27. The van der Waals surface area contributed by atoms with Crippen LogP contribution in [0.1, 0.15) is 36.9 Å². The van der Waals surface area contributed by atoms with Gasteiger partial charge in [0, 0.05) is 12.6 Å².